The van der Waals surface area contributed by atoms with Crippen LogP contribution in [0, 0.1) is 12.8 Å². The van der Waals surface area contributed by atoms with Crippen molar-refractivity contribution in [1.29, 1.82) is 0 Å². The number of benzene rings is 1. The average Bonchev–Trinajstić information content (AvgIpc) is 2.35. The summed E-state index contributed by atoms with van der Waals surface area (Å²) in [6.45, 7) is 5.45. The molecule has 0 saturated carbocycles. The van der Waals surface area contributed by atoms with Crippen LogP contribution in [-0.2, 0) is 10.0 Å². The molecule has 2 unspecified atom stereocenters. The van der Waals surface area contributed by atoms with Crippen molar-refractivity contribution in [2.24, 2.45) is 5.92 Å². The third kappa shape index (κ3) is 4.09. The maximum atomic E-state index is 12.4. The lowest BCUT2D eigenvalue weighted by molar-refractivity contribution is 0.327. The van der Waals surface area contributed by atoms with E-state index < -0.39 is 10.0 Å². The minimum Gasteiger partial charge on any atom is -0.315 e. The van der Waals surface area contributed by atoms with E-state index in [4.69, 9.17) is 11.6 Å². The number of hydrogen-bond donors (Lipinski definition) is 2. The van der Waals surface area contributed by atoms with Crippen molar-refractivity contribution in [2.75, 3.05) is 13.1 Å². The van der Waals surface area contributed by atoms with Gasteiger partial charge in [-0.05, 0) is 43.5 Å². The van der Waals surface area contributed by atoms with Crippen LogP contribution < -0.4 is 10.0 Å². The summed E-state index contributed by atoms with van der Waals surface area (Å²) in [5, 5.41) is 3.64. The maximum Gasteiger partial charge on any atom is 0.241 e. The Labute approximate surface area is 131 Å². The van der Waals surface area contributed by atoms with E-state index in [1.54, 1.807) is 19.1 Å². The Morgan fingerprint density at radius 3 is 2.75 bits per heavy atom. The minimum absolute atomic E-state index is 0. The predicted molar refractivity (Wildman–Crippen MR) is 84.2 cm³/mol. The second-order valence-corrected chi connectivity index (χ2v) is 7.23. The summed E-state index contributed by atoms with van der Waals surface area (Å²) >= 11 is 5.89. The zero-order valence-electron chi connectivity index (χ0n) is 11.5. The Kier molecular flexibility index (Phi) is 6.28. The summed E-state index contributed by atoms with van der Waals surface area (Å²) in [5.74, 6) is 0.329. The standard InChI is InChI=1S/C13H19ClN2O2S.ClH/c1-9-5-6-15-8-12(9)16-19(17,18)13-7-11(14)4-3-10(13)2;/h3-4,7,9,12,15-16H,5-6,8H2,1-2H3;1H. The van der Waals surface area contributed by atoms with E-state index in [1.165, 1.54) is 6.07 Å². The van der Waals surface area contributed by atoms with Crippen LogP contribution in [0.25, 0.3) is 0 Å². The van der Waals surface area contributed by atoms with Crippen molar-refractivity contribution in [3.8, 4) is 0 Å². The lowest BCUT2D eigenvalue weighted by atomic mass is 9.96. The highest BCUT2D eigenvalue weighted by molar-refractivity contribution is 7.89. The lowest BCUT2D eigenvalue weighted by Crippen LogP contribution is -2.50. The van der Waals surface area contributed by atoms with Crippen molar-refractivity contribution >= 4 is 34.0 Å². The van der Waals surface area contributed by atoms with Crippen LogP contribution in [0.2, 0.25) is 5.02 Å². The average molecular weight is 339 g/mol. The van der Waals surface area contributed by atoms with Gasteiger partial charge in [-0.25, -0.2) is 13.1 Å². The normalized spacial score (nSPS) is 23.1. The lowest BCUT2D eigenvalue weighted by Gasteiger charge is -2.30. The van der Waals surface area contributed by atoms with E-state index in [1.807, 2.05) is 0 Å². The highest BCUT2D eigenvalue weighted by atomic mass is 35.5. The fraction of sp³-hybridized carbons (Fsp3) is 0.538. The zero-order valence-corrected chi connectivity index (χ0v) is 13.9. The van der Waals surface area contributed by atoms with Gasteiger partial charge < -0.3 is 5.32 Å². The van der Waals surface area contributed by atoms with Gasteiger partial charge in [-0.2, -0.15) is 0 Å². The molecule has 0 bridgehead atoms. The van der Waals surface area contributed by atoms with Crippen LogP contribution in [0.15, 0.2) is 23.1 Å². The maximum absolute atomic E-state index is 12.4. The van der Waals surface area contributed by atoms with Gasteiger partial charge in [-0.3, -0.25) is 0 Å². The summed E-state index contributed by atoms with van der Waals surface area (Å²) < 4.78 is 27.6. The summed E-state index contributed by atoms with van der Waals surface area (Å²) in [4.78, 5) is 0.262. The first-order valence-corrected chi connectivity index (χ1v) is 8.25. The summed E-state index contributed by atoms with van der Waals surface area (Å²) in [7, 11) is -3.52. The molecule has 0 aliphatic carbocycles. The molecule has 0 radical (unpaired) electrons. The molecule has 1 aromatic carbocycles. The van der Waals surface area contributed by atoms with Crippen molar-refractivity contribution in [2.45, 2.75) is 31.2 Å². The van der Waals surface area contributed by atoms with Gasteiger partial charge in [-0.15, -0.1) is 12.4 Å². The molecule has 1 heterocycles. The van der Waals surface area contributed by atoms with Crippen LogP contribution in [0.5, 0.6) is 0 Å². The molecule has 20 heavy (non-hydrogen) atoms. The first-order valence-electron chi connectivity index (χ1n) is 6.39. The van der Waals surface area contributed by atoms with Crippen molar-refractivity contribution in [3.63, 3.8) is 0 Å². The topological polar surface area (TPSA) is 58.2 Å². The predicted octanol–water partition coefficient (Wildman–Crippen LogP) is 2.35. The van der Waals surface area contributed by atoms with Gasteiger partial charge in [0.15, 0.2) is 0 Å². The highest BCUT2D eigenvalue weighted by Gasteiger charge is 2.27. The van der Waals surface area contributed by atoms with Gasteiger partial charge in [0.05, 0.1) is 4.90 Å². The number of sulfonamides is 1. The molecule has 0 aromatic heterocycles. The molecule has 2 N–H and O–H groups in total. The largest absolute Gasteiger partial charge is 0.315 e. The van der Waals surface area contributed by atoms with E-state index in [0.717, 1.165) is 13.0 Å². The van der Waals surface area contributed by atoms with Gasteiger partial charge >= 0.3 is 0 Å². The number of nitrogens with one attached hydrogen (secondary N) is 2. The molecule has 1 aliphatic rings. The van der Waals surface area contributed by atoms with Crippen molar-refractivity contribution in [1.82, 2.24) is 10.0 Å². The number of aryl methyl sites for hydroxylation is 1. The first-order chi connectivity index (χ1) is 8.90. The second kappa shape index (κ2) is 7.09. The van der Waals surface area contributed by atoms with E-state index in [9.17, 15) is 8.42 Å². The van der Waals surface area contributed by atoms with Crippen LogP contribution >= 0.6 is 24.0 Å². The molecule has 1 aromatic rings. The van der Waals surface area contributed by atoms with Gasteiger partial charge in [0.2, 0.25) is 10.0 Å². The van der Waals surface area contributed by atoms with Crippen molar-refractivity contribution in [3.05, 3.63) is 28.8 Å². The number of piperidine rings is 1. The molecular weight excluding hydrogens is 319 g/mol. The summed E-state index contributed by atoms with van der Waals surface area (Å²) in [6, 6.07) is 4.84. The van der Waals surface area contributed by atoms with Crippen LogP contribution in [0.4, 0.5) is 0 Å². The Balaban J connectivity index is 0.00000200. The quantitative estimate of drug-likeness (QED) is 0.889. The highest BCUT2D eigenvalue weighted by Crippen LogP contribution is 2.21. The Morgan fingerprint density at radius 1 is 1.40 bits per heavy atom. The van der Waals surface area contributed by atoms with Gasteiger partial charge in [0.25, 0.3) is 0 Å². The second-order valence-electron chi connectivity index (χ2n) is 5.11. The molecular formula is C13H20Cl2N2O2S. The Morgan fingerprint density at radius 2 is 2.10 bits per heavy atom. The monoisotopic (exact) mass is 338 g/mol. The van der Waals surface area contributed by atoms with Crippen LogP contribution in [-0.4, -0.2) is 27.5 Å². The van der Waals surface area contributed by atoms with Gasteiger partial charge in [0.1, 0.15) is 0 Å². The molecule has 2 atom stereocenters. The Hall–Kier alpha value is -0.330. The van der Waals surface area contributed by atoms with Crippen molar-refractivity contribution < 1.29 is 8.42 Å². The van der Waals surface area contributed by atoms with E-state index in [0.29, 0.717) is 23.0 Å². The minimum atomic E-state index is -3.52. The molecule has 4 nitrogen and oxygen atoms in total. The number of hydrogen-bond acceptors (Lipinski definition) is 3. The van der Waals surface area contributed by atoms with E-state index >= 15 is 0 Å². The molecule has 1 saturated heterocycles. The summed E-state index contributed by atoms with van der Waals surface area (Å²) in [5.41, 5.74) is 0.702. The SMILES string of the molecule is Cc1ccc(Cl)cc1S(=O)(=O)NC1CNCCC1C.Cl. The van der Waals surface area contributed by atoms with Crippen LogP contribution in [0.1, 0.15) is 18.9 Å². The molecule has 0 spiro atoms. The van der Waals surface area contributed by atoms with Gasteiger partial charge in [-0.1, -0.05) is 24.6 Å². The van der Waals surface area contributed by atoms with E-state index in [2.05, 4.69) is 17.0 Å². The fourth-order valence-corrected chi connectivity index (χ4v) is 4.13. The molecule has 1 aliphatic heterocycles. The zero-order chi connectivity index (χ0) is 14.0. The molecule has 1 fully saturated rings. The first kappa shape index (κ1) is 17.7. The smallest absolute Gasteiger partial charge is 0.241 e. The molecule has 2 rings (SSSR count). The number of rotatable bonds is 3. The number of halogens is 2. The Bertz CT molecular complexity index is 563. The third-order valence-electron chi connectivity index (χ3n) is 3.57. The third-order valence-corrected chi connectivity index (χ3v) is 5.44. The fourth-order valence-electron chi connectivity index (χ4n) is 2.27. The van der Waals surface area contributed by atoms with Gasteiger partial charge in [0, 0.05) is 17.6 Å². The molecule has 0 amide bonds. The van der Waals surface area contributed by atoms with Crippen LogP contribution in [0.3, 0.4) is 0 Å². The molecule has 7 heteroatoms. The van der Waals surface area contributed by atoms with E-state index in [-0.39, 0.29) is 23.3 Å². The summed E-state index contributed by atoms with van der Waals surface area (Å²) in [6.07, 6.45) is 0.974. The molecule has 114 valence electrons.